The minimum Gasteiger partial charge on any atom is -0.325 e. The first-order valence-electron chi connectivity index (χ1n) is 9.24. The van der Waals surface area contributed by atoms with Crippen molar-refractivity contribution in [3.63, 3.8) is 0 Å². The van der Waals surface area contributed by atoms with Crippen LogP contribution in [0.1, 0.15) is 28.9 Å². The molecule has 7 nitrogen and oxygen atoms in total. The monoisotopic (exact) mass is 422 g/mol. The summed E-state index contributed by atoms with van der Waals surface area (Å²) in [6.07, 6.45) is 1.27. The second-order valence-electron chi connectivity index (χ2n) is 7.54. The molecule has 1 fully saturated rings. The lowest BCUT2D eigenvalue weighted by molar-refractivity contribution is -0.113. The van der Waals surface area contributed by atoms with Gasteiger partial charge in [0.05, 0.1) is 17.3 Å². The maximum absolute atomic E-state index is 12.4. The summed E-state index contributed by atoms with van der Waals surface area (Å²) in [5, 5.41) is 12.0. The Morgan fingerprint density at radius 1 is 1.25 bits per heavy atom. The molecule has 28 heavy (non-hydrogen) atoms. The maximum atomic E-state index is 12.4. The summed E-state index contributed by atoms with van der Waals surface area (Å²) < 4.78 is 25.1. The van der Waals surface area contributed by atoms with Gasteiger partial charge in [0.15, 0.2) is 15.0 Å². The molecular weight excluding hydrogens is 396 g/mol. The molecule has 0 unspecified atom stereocenters. The van der Waals surface area contributed by atoms with Crippen LogP contribution in [0.5, 0.6) is 0 Å². The highest BCUT2D eigenvalue weighted by atomic mass is 32.2. The molecule has 3 rings (SSSR count). The summed E-state index contributed by atoms with van der Waals surface area (Å²) in [7, 11) is -1.04. The van der Waals surface area contributed by atoms with E-state index in [-0.39, 0.29) is 29.1 Å². The smallest absolute Gasteiger partial charge is 0.234 e. The lowest BCUT2D eigenvalue weighted by Gasteiger charge is -2.12. The lowest BCUT2D eigenvalue weighted by Crippen LogP contribution is -2.16. The van der Waals surface area contributed by atoms with E-state index >= 15 is 0 Å². The molecule has 1 aliphatic heterocycles. The first-order chi connectivity index (χ1) is 13.1. The minimum atomic E-state index is -2.90. The Morgan fingerprint density at radius 3 is 2.54 bits per heavy atom. The average Bonchev–Trinajstić information content (AvgIpc) is 3.12. The van der Waals surface area contributed by atoms with Gasteiger partial charge in [0.25, 0.3) is 0 Å². The van der Waals surface area contributed by atoms with Crippen LogP contribution in [0.2, 0.25) is 0 Å². The van der Waals surface area contributed by atoms with E-state index in [2.05, 4.69) is 15.5 Å². The van der Waals surface area contributed by atoms with Gasteiger partial charge in [0, 0.05) is 19.2 Å². The predicted molar refractivity (Wildman–Crippen MR) is 111 cm³/mol. The van der Waals surface area contributed by atoms with Crippen LogP contribution in [-0.2, 0) is 28.1 Å². The topological polar surface area (TPSA) is 94.0 Å². The van der Waals surface area contributed by atoms with Crippen LogP contribution in [0.4, 0.5) is 5.69 Å². The average molecular weight is 423 g/mol. The number of thioether (sulfide) groups is 1. The fourth-order valence-electron chi connectivity index (χ4n) is 3.62. The Balaban J connectivity index is 1.58. The molecule has 2 aromatic rings. The molecule has 0 saturated carbocycles. The summed E-state index contributed by atoms with van der Waals surface area (Å²) in [5.74, 6) is 1.48. The molecular formula is C19H26N4O3S2. The number of amides is 1. The lowest BCUT2D eigenvalue weighted by atomic mass is 10.1. The number of aryl methyl sites for hydroxylation is 3. The molecule has 1 aromatic carbocycles. The van der Waals surface area contributed by atoms with Crippen LogP contribution < -0.4 is 5.32 Å². The molecule has 2 heterocycles. The highest BCUT2D eigenvalue weighted by Crippen LogP contribution is 2.25. The van der Waals surface area contributed by atoms with Crippen molar-refractivity contribution >= 4 is 33.2 Å². The number of benzene rings is 1. The second-order valence-corrected chi connectivity index (χ2v) is 10.7. The van der Waals surface area contributed by atoms with E-state index in [4.69, 9.17) is 0 Å². The molecule has 1 N–H and O–H groups in total. The molecule has 1 aliphatic rings. The van der Waals surface area contributed by atoms with Crippen molar-refractivity contribution in [2.24, 2.45) is 13.0 Å². The first-order valence-corrected chi connectivity index (χ1v) is 12.0. The Kier molecular flexibility index (Phi) is 6.14. The van der Waals surface area contributed by atoms with Gasteiger partial charge in [-0.1, -0.05) is 29.5 Å². The van der Waals surface area contributed by atoms with Crippen LogP contribution in [0.25, 0.3) is 0 Å². The highest BCUT2D eigenvalue weighted by molar-refractivity contribution is 7.99. The molecule has 1 saturated heterocycles. The normalized spacial score (nSPS) is 18.4. The fraction of sp³-hybridized carbons (Fsp3) is 0.526. The second kappa shape index (κ2) is 8.24. The van der Waals surface area contributed by atoms with Gasteiger partial charge in [-0.2, -0.15) is 0 Å². The zero-order valence-electron chi connectivity index (χ0n) is 16.7. The summed E-state index contributed by atoms with van der Waals surface area (Å²) in [5.41, 5.74) is 4.12. The van der Waals surface area contributed by atoms with Gasteiger partial charge in [-0.25, -0.2) is 8.42 Å². The summed E-state index contributed by atoms with van der Waals surface area (Å²) in [4.78, 5) is 12.4. The summed E-state index contributed by atoms with van der Waals surface area (Å²) in [6.45, 7) is 6.01. The van der Waals surface area contributed by atoms with Crippen LogP contribution in [0, 0.1) is 26.7 Å². The van der Waals surface area contributed by atoms with Crippen molar-refractivity contribution < 1.29 is 13.2 Å². The van der Waals surface area contributed by atoms with E-state index in [1.165, 1.54) is 17.3 Å². The van der Waals surface area contributed by atoms with E-state index in [1.807, 2.05) is 44.5 Å². The van der Waals surface area contributed by atoms with Gasteiger partial charge in [0.2, 0.25) is 5.91 Å². The molecule has 0 aliphatic carbocycles. The zero-order valence-corrected chi connectivity index (χ0v) is 18.3. The molecule has 0 radical (unpaired) electrons. The molecule has 1 amide bonds. The molecule has 9 heteroatoms. The quantitative estimate of drug-likeness (QED) is 0.719. The number of hydrogen-bond acceptors (Lipinski definition) is 6. The maximum Gasteiger partial charge on any atom is 0.234 e. The molecule has 0 bridgehead atoms. The minimum absolute atomic E-state index is 0.0912. The van der Waals surface area contributed by atoms with Gasteiger partial charge in [-0.3, -0.25) is 4.79 Å². The van der Waals surface area contributed by atoms with Gasteiger partial charge in [0.1, 0.15) is 5.82 Å². The number of carbonyl (C=O) groups is 1. The zero-order chi connectivity index (χ0) is 20.5. The van der Waals surface area contributed by atoms with Crippen molar-refractivity contribution in [2.75, 3.05) is 22.6 Å². The Bertz CT molecular complexity index is 976. The first kappa shape index (κ1) is 20.9. The van der Waals surface area contributed by atoms with Crippen molar-refractivity contribution in [1.29, 1.82) is 0 Å². The van der Waals surface area contributed by atoms with Crippen LogP contribution in [0.3, 0.4) is 0 Å². The summed E-state index contributed by atoms with van der Waals surface area (Å²) in [6, 6.07) is 4.10. The molecule has 0 spiro atoms. The van der Waals surface area contributed by atoms with E-state index in [0.29, 0.717) is 18.0 Å². The van der Waals surface area contributed by atoms with Gasteiger partial charge >= 0.3 is 0 Å². The van der Waals surface area contributed by atoms with Crippen molar-refractivity contribution in [1.82, 2.24) is 14.8 Å². The third-order valence-electron chi connectivity index (χ3n) is 5.00. The predicted octanol–water partition coefficient (Wildman–Crippen LogP) is 2.45. The van der Waals surface area contributed by atoms with E-state index < -0.39 is 9.84 Å². The Hall–Kier alpha value is -1.87. The van der Waals surface area contributed by atoms with E-state index in [1.54, 1.807) is 0 Å². The third-order valence-corrected chi connectivity index (χ3v) is 7.85. The number of sulfone groups is 1. The van der Waals surface area contributed by atoms with Gasteiger partial charge < -0.3 is 9.88 Å². The van der Waals surface area contributed by atoms with E-state index in [9.17, 15) is 13.2 Å². The highest BCUT2D eigenvalue weighted by Gasteiger charge is 2.29. The van der Waals surface area contributed by atoms with Crippen LogP contribution >= 0.6 is 11.8 Å². The van der Waals surface area contributed by atoms with Crippen molar-refractivity contribution in [2.45, 2.75) is 38.8 Å². The van der Waals surface area contributed by atoms with Crippen LogP contribution in [-0.4, -0.2) is 46.3 Å². The number of aromatic nitrogens is 3. The Labute approximate surface area is 170 Å². The number of hydrogen-bond donors (Lipinski definition) is 1. The molecule has 1 aromatic heterocycles. The van der Waals surface area contributed by atoms with Gasteiger partial charge in [-0.05, 0) is 44.2 Å². The molecule has 152 valence electrons. The number of nitrogens with zero attached hydrogens (tertiary/aromatic N) is 3. The van der Waals surface area contributed by atoms with Crippen molar-refractivity contribution in [3.8, 4) is 0 Å². The number of rotatable bonds is 6. The van der Waals surface area contributed by atoms with Crippen molar-refractivity contribution in [3.05, 3.63) is 34.6 Å². The number of anilines is 1. The number of carbonyl (C=O) groups excluding carboxylic acids is 1. The van der Waals surface area contributed by atoms with Crippen LogP contribution in [0.15, 0.2) is 17.3 Å². The molecule has 1 atom stereocenters. The standard InChI is InChI=1S/C19H26N4O3S2/c1-12-7-13(2)18(14(3)8-12)20-17(24)10-27-19-22-21-16(23(19)4)9-15-5-6-28(25,26)11-15/h7-8,15H,5-6,9-11H2,1-4H3,(H,20,24)/t15-/m0/s1. The fourth-order valence-corrected chi connectivity index (χ4v) is 6.21. The van der Waals surface area contributed by atoms with E-state index in [0.717, 1.165) is 22.6 Å². The SMILES string of the molecule is Cc1cc(C)c(NC(=O)CSc2nnc(C[C@@H]3CCS(=O)(=O)C3)n2C)c(C)c1. The number of nitrogens with one attached hydrogen (secondary N) is 1. The third kappa shape index (κ3) is 4.94. The summed E-state index contributed by atoms with van der Waals surface area (Å²) >= 11 is 1.33. The Morgan fingerprint density at radius 2 is 1.93 bits per heavy atom. The largest absolute Gasteiger partial charge is 0.325 e. The van der Waals surface area contributed by atoms with Gasteiger partial charge in [-0.15, -0.1) is 10.2 Å².